The van der Waals surface area contributed by atoms with Crippen molar-refractivity contribution in [3.8, 4) is 28.8 Å². The molecule has 1 aliphatic heterocycles. The molecule has 1 amide bonds. The largest absolute Gasteiger partial charge is 0.490 e. The van der Waals surface area contributed by atoms with Gasteiger partial charge in [-0.25, -0.2) is 4.98 Å². The standard InChI is InChI=1S/C33H36N8O4/c1-32(2,36-18-22(42)19-44-25-9-6-8-24-28(25)33(31(43)37-24)13-3-4-14-33)15-21-17-35-29-23(21)7-5-10-26(29)45-27-12-11-20(16-34-27)30-38-40-41-39-30/h5-12,16-17,22,35-36,42H,3-4,13-15,18-19H2,1-2H3,(H,37,43)(H,38,39,40,41)/t22-/m0/s1. The second-order valence-corrected chi connectivity index (χ2v) is 12.5. The number of β-amino-alcohol motifs (C(OH)–C–C–N with tert-alkyl or cyclic N) is 1. The third-order valence-corrected chi connectivity index (χ3v) is 8.84. The number of carbonyl (C=O) groups is 1. The molecule has 45 heavy (non-hydrogen) atoms. The molecule has 0 saturated heterocycles. The zero-order valence-electron chi connectivity index (χ0n) is 25.3. The van der Waals surface area contributed by atoms with Crippen LogP contribution in [0.4, 0.5) is 5.69 Å². The Hall–Kier alpha value is -4.81. The van der Waals surface area contributed by atoms with Crippen LogP contribution in [0.5, 0.6) is 17.4 Å². The number of aliphatic hydroxyl groups is 1. The molecule has 3 aromatic heterocycles. The average Bonchev–Trinajstić information content (AvgIpc) is 3.85. The van der Waals surface area contributed by atoms with Crippen LogP contribution in [0.3, 0.4) is 0 Å². The molecule has 2 aliphatic rings. The minimum Gasteiger partial charge on any atom is -0.490 e. The van der Waals surface area contributed by atoms with Gasteiger partial charge in [0.05, 0.1) is 10.9 Å². The van der Waals surface area contributed by atoms with Crippen LogP contribution in [0.25, 0.3) is 22.3 Å². The molecule has 0 unspecified atom stereocenters. The molecule has 2 aromatic carbocycles. The van der Waals surface area contributed by atoms with E-state index >= 15 is 0 Å². The molecule has 4 heterocycles. The summed E-state index contributed by atoms with van der Waals surface area (Å²) in [5, 5.41) is 32.4. The van der Waals surface area contributed by atoms with E-state index in [4.69, 9.17) is 9.47 Å². The van der Waals surface area contributed by atoms with Crippen molar-refractivity contribution in [2.75, 3.05) is 18.5 Å². The molecule has 12 heteroatoms. The number of aromatic nitrogens is 6. The number of H-pyrrole nitrogens is 2. The number of benzene rings is 2. The van der Waals surface area contributed by atoms with Crippen molar-refractivity contribution in [1.29, 1.82) is 0 Å². The van der Waals surface area contributed by atoms with Crippen molar-refractivity contribution < 1.29 is 19.4 Å². The SMILES string of the molecule is CC(C)(Cc1c[nH]c2c(Oc3ccc(-c4nn[nH]n4)cn3)cccc12)NC[C@H](O)COc1cccc2c1C1(CCCC1)C(=O)N2. The monoisotopic (exact) mass is 608 g/mol. The molecule has 1 atom stereocenters. The maximum atomic E-state index is 12.9. The predicted octanol–water partition coefficient (Wildman–Crippen LogP) is 4.65. The summed E-state index contributed by atoms with van der Waals surface area (Å²) in [6.45, 7) is 4.70. The van der Waals surface area contributed by atoms with Gasteiger partial charge in [-0.1, -0.05) is 31.0 Å². The Balaban J connectivity index is 0.971. The molecule has 1 saturated carbocycles. The molecule has 7 rings (SSSR count). The van der Waals surface area contributed by atoms with Crippen molar-refractivity contribution >= 4 is 22.5 Å². The summed E-state index contributed by atoms with van der Waals surface area (Å²) in [6.07, 6.45) is 7.35. The van der Waals surface area contributed by atoms with E-state index in [1.165, 1.54) is 0 Å². The number of para-hydroxylation sites is 1. The molecule has 5 N–H and O–H groups in total. The summed E-state index contributed by atoms with van der Waals surface area (Å²) in [7, 11) is 0. The normalized spacial score (nSPS) is 16.2. The first kappa shape index (κ1) is 28.9. The van der Waals surface area contributed by atoms with Gasteiger partial charge in [-0.2, -0.15) is 5.21 Å². The van der Waals surface area contributed by atoms with Crippen molar-refractivity contribution in [1.82, 2.24) is 35.9 Å². The van der Waals surface area contributed by atoms with Crippen LogP contribution in [0, 0.1) is 0 Å². The van der Waals surface area contributed by atoms with Gasteiger partial charge in [-0.15, -0.1) is 10.2 Å². The Morgan fingerprint density at radius 1 is 1.09 bits per heavy atom. The van der Waals surface area contributed by atoms with Crippen molar-refractivity contribution in [3.63, 3.8) is 0 Å². The molecule has 1 fully saturated rings. The Bertz CT molecular complexity index is 1810. The van der Waals surface area contributed by atoms with Crippen LogP contribution in [-0.4, -0.2) is 66.4 Å². The summed E-state index contributed by atoms with van der Waals surface area (Å²) < 4.78 is 12.3. The fraction of sp³-hybridized carbons (Fsp3) is 0.364. The van der Waals surface area contributed by atoms with Gasteiger partial charge in [0.15, 0.2) is 5.75 Å². The fourth-order valence-electron chi connectivity index (χ4n) is 6.62. The van der Waals surface area contributed by atoms with Crippen LogP contribution in [0.1, 0.15) is 50.7 Å². The van der Waals surface area contributed by atoms with Crippen molar-refractivity contribution in [2.24, 2.45) is 0 Å². The van der Waals surface area contributed by atoms with Gasteiger partial charge in [-0.05, 0) is 68.2 Å². The summed E-state index contributed by atoms with van der Waals surface area (Å²) in [6, 6.07) is 15.2. The Morgan fingerprint density at radius 2 is 1.91 bits per heavy atom. The van der Waals surface area contributed by atoms with Crippen molar-refractivity contribution in [2.45, 2.75) is 63.0 Å². The van der Waals surface area contributed by atoms with E-state index in [2.05, 4.69) is 61.1 Å². The van der Waals surface area contributed by atoms with Gasteiger partial charge in [0, 0.05) is 52.7 Å². The number of ether oxygens (including phenoxy) is 2. The number of carbonyl (C=O) groups excluding carboxylic acids is 1. The zero-order chi connectivity index (χ0) is 31.0. The van der Waals surface area contributed by atoms with Gasteiger partial charge in [0.2, 0.25) is 17.6 Å². The maximum absolute atomic E-state index is 12.9. The van der Waals surface area contributed by atoms with Crippen LogP contribution >= 0.6 is 0 Å². The number of fused-ring (bicyclic) bond motifs is 3. The Kier molecular flexibility index (Phi) is 7.46. The van der Waals surface area contributed by atoms with E-state index in [1.54, 1.807) is 12.3 Å². The highest BCUT2D eigenvalue weighted by atomic mass is 16.5. The van der Waals surface area contributed by atoms with Gasteiger partial charge < -0.3 is 30.2 Å². The van der Waals surface area contributed by atoms with Gasteiger partial charge in [-0.3, -0.25) is 4.79 Å². The van der Waals surface area contributed by atoms with Crippen LogP contribution < -0.4 is 20.1 Å². The molecule has 5 aromatic rings. The average molecular weight is 609 g/mol. The molecule has 12 nitrogen and oxygen atoms in total. The van der Waals surface area contributed by atoms with Crippen LogP contribution in [-0.2, 0) is 16.6 Å². The number of aromatic amines is 2. The molecule has 0 radical (unpaired) electrons. The van der Waals surface area contributed by atoms with E-state index < -0.39 is 11.5 Å². The number of rotatable bonds is 11. The van der Waals surface area contributed by atoms with E-state index in [-0.39, 0.29) is 18.1 Å². The first-order chi connectivity index (χ1) is 21.8. The highest BCUT2D eigenvalue weighted by Crippen LogP contribution is 2.52. The number of hydrogen-bond donors (Lipinski definition) is 5. The predicted molar refractivity (Wildman–Crippen MR) is 168 cm³/mol. The maximum Gasteiger partial charge on any atom is 0.235 e. The zero-order valence-corrected chi connectivity index (χ0v) is 25.3. The second kappa shape index (κ2) is 11.6. The number of hydrogen-bond acceptors (Lipinski definition) is 9. The molecular formula is C33H36N8O4. The highest BCUT2D eigenvalue weighted by molar-refractivity contribution is 6.07. The summed E-state index contributed by atoms with van der Waals surface area (Å²) in [5.41, 5.74) is 3.69. The molecule has 1 aliphatic carbocycles. The molecule has 232 valence electrons. The second-order valence-electron chi connectivity index (χ2n) is 12.5. The minimum atomic E-state index is -0.730. The number of nitrogens with one attached hydrogen (secondary N) is 4. The third-order valence-electron chi connectivity index (χ3n) is 8.84. The summed E-state index contributed by atoms with van der Waals surface area (Å²) in [4.78, 5) is 20.6. The topological polar surface area (TPSA) is 163 Å². The van der Waals surface area contributed by atoms with Crippen molar-refractivity contribution in [3.05, 3.63) is 72.1 Å². The van der Waals surface area contributed by atoms with E-state index in [1.807, 2.05) is 42.6 Å². The van der Waals surface area contributed by atoms with Gasteiger partial charge in [0.1, 0.15) is 18.5 Å². The third kappa shape index (κ3) is 5.62. The van der Waals surface area contributed by atoms with E-state index in [9.17, 15) is 9.90 Å². The number of aliphatic hydroxyl groups excluding tert-OH is 1. The Labute approximate surface area is 260 Å². The summed E-state index contributed by atoms with van der Waals surface area (Å²) >= 11 is 0. The number of pyridine rings is 1. The molecule has 0 bridgehead atoms. The molecule has 1 spiro atoms. The van der Waals surface area contributed by atoms with E-state index in [0.29, 0.717) is 36.2 Å². The highest BCUT2D eigenvalue weighted by Gasteiger charge is 2.50. The Morgan fingerprint density at radius 3 is 2.69 bits per heavy atom. The van der Waals surface area contributed by atoms with Crippen LogP contribution in [0.2, 0.25) is 0 Å². The fourth-order valence-corrected chi connectivity index (χ4v) is 6.62. The first-order valence-electron chi connectivity index (χ1n) is 15.3. The molecular weight excluding hydrogens is 572 g/mol. The number of tetrazole rings is 1. The first-order valence-corrected chi connectivity index (χ1v) is 15.3. The van der Waals surface area contributed by atoms with Crippen LogP contribution in [0.15, 0.2) is 60.9 Å². The minimum absolute atomic E-state index is 0.0678. The smallest absolute Gasteiger partial charge is 0.235 e. The number of anilines is 1. The van der Waals surface area contributed by atoms with Gasteiger partial charge in [0.25, 0.3) is 0 Å². The number of amides is 1. The summed E-state index contributed by atoms with van der Waals surface area (Å²) in [5.74, 6) is 2.33. The number of nitrogens with zero attached hydrogens (tertiary/aromatic N) is 4. The quantitative estimate of drug-likeness (QED) is 0.144. The lowest BCUT2D eigenvalue weighted by Gasteiger charge is -2.28. The lowest BCUT2D eigenvalue weighted by molar-refractivity contribution is -0.120. The lowest BCUT2D eigenvalue weighted by Crippen LogP contribution is -2.46. The van der Waals surface area contributed by atoms with Gasteiger partial charge >= 0.3 is 0 Å². The van der Waals surface area contributed by atoms with E-state index in [0.717, 1.165) is 59.0 Å². The lowest BCUT2D eigenvalue weighted by atomic mass is 9.79.